The van der Waals surface area contributed by atoms with E-state index in [1.54, 1.807) is 14.1 Å². The van der Waals surface area contributed by atoms with Gasteiger partial charge in [-0.2, -0.15) is 0 Å². The Morgan fingerprint density at radius 2 is 1.24 bits per heavy atom. The molecule has 0 saturated carbocycles. The number of nitrogens with two attached hydrogens (primary N) is 2. The zero-order valence-corrected chi connectivity index (χ0v) is 70.2. The number of likely N-dealkylation sites (N-methyl/N-ethyl adjacent to an activating group) is 1. The fourth-order valence-corrected chi connectivity index (χ4v) is 15.8. The van der Waals surface area contributed by atoms with E-state index in [0.29, 0.717) is 25.9 Å². The van der Waals surface area contributed by atoms with Crippen LogP contribution < -0.4 is 73.5 Å². The van der Waals surface area contributed by atoms with Crippen LogP contribution in [0, 0.1) is 5.92 Å². The Morgan fingerprint density at radius 3 is 1.84 bits per heavy atom. The first-order chi connectivity index (χ1) is 57.6. The molecule has 5 aromatic carbocycles. The van der Waals surface area contributed by atoms with Crippen molar-refractivity contribution in [3.8, 4) is 57.1 Å². The third kappa shape index (κ3) is 21.7. The summed E-state index contributed by atoms with van der Waals surface area (Å²) in [6, 6.07) is 3.09. The van der Waals surface area contributed by atoms with Crippen molar-refractivity contribution < 1.29 is 122 Å². The van der Waals surface area contributed by atoms with Crippen molar-refractivity contribution >= 4 is 58.9 Å². The highest BCUT2D eigenvalue weighted by molar-refractivity contribution is 6.32. The summed E-state index contributed by atoms with van der Waals surface area (Å²) in [4.78, 5) is 129. The lowest BCUT2D eigenvalue weighted by atomic mass is 9.86. The molecule has 8 aliphatic heterocycles. The molecule has 9 unspecified atom stereocenters. The maximum Gasteiger partial charge on any atom is 0.248 e. The smallest absolute Gasteiger partial charge is 0.248 e. The summed E-state index contributed by atoms with van der Waals surface area (Å²) in [6.45, 7) is 9.83. The molecule has 0 spiro atoms. The van der Waals surface area contributed by atoms with Gasteiger partial charge in [-0.15, -0.1) is 0 Å². The number of rotatable bonds is 23. The topological polar surface area (TPSA) is 559 Å². The molecule has 0 aromatic heterocycles. The zero-order chi connectivity index (χ0) is 88.8. The van der Waals surface area contributed by atoms with Crippen LogP contribution in [0.25, 0.3) is 11.1 Å². The number of benzene rings is 5. The first kappa shape index (κ1) is 93.0. The van der Waals surface area contributed by atoms with Crippen molar-refractivity contribution in [1.29, 1.82) is 0 Å². The van der Waals surface area contributed by atoms with Crippen molar-refractivity contribution in [2.24, 2.45) is 17.4 Å². The van der Waals surface area contributed by atoms with E-state index in [1.165, 1.54) is 83.3 Å². The molecule has 0 aliphatic carbocycles. The minimum absolute atomic E-state index is 0.00162. The zero-order valence-electron chi connectivity index (χ0n) is 69.5. The standard InChI is InChI=1S/C83H112ClN13O25/c1-37(2)26-49(87-7)74(108)94-64-66(103)42-17-21-53(48(84)28-42)118-55-30-43-29-54(70(55)122-81-71(68(105)67(104)56(36-98)119-81)121-59-35-83(6,86)73(107)39(4)116-59)117-45-18-14-40(15-19-45)69(120-58-34-82(5,85)72(106)38(3)115-58)65-80(114)93-63(76(110)89-23-13-25-97(10)11)47-31-44(99)32-52(101)60(47)46-27-41(16-20-51(46)100)61(77(111)95-65)92-78(112)62(43)91-75(109)50(90-79(64)113)33-57(102)88-22-12-24-96(8)9/h14-21,27-32,37-39,49-50,56,58-59,61-69,71-73,81,87,98-101,103-107H,12-13,22-26,33-36,85-86H2,1-11H3,(H,88,102)(H,89,110)(H,90,113)(H,91,109)(H,92,112)(H,93,114)(H,94,108)(H,95,111)/t38-,39-,49?,50?,56+,58-,59-,61?,62?,63?,64?,65?,66?,67+,68-,69?,71+,72-,73-,81-,82-,83-/m0/s1. The SMILES string of the molecule is CNC(CC(C)C)C(=O)NC1C(=O)NC(CC(=O)NCCCN(C)C)C(=O)NC2C(=O)NC3C(=O)NC(C(=O)NC(C(=O)NCCCN(C)C)c4cc(O)cc(O)c4-c4cc3ccc4O)C(O[C@H]3C[C@](C)(N)[C@@H](O)[C@H](C)O3)c3ccc(cc3)Oc3cc2cc(c3O[C@@H]2O[C@H](CO)[C@@H](O)[C@H](O)[C@H]2O[C@H]2C[C@](C)(N)[C@@H](O)[C@H](C)O2)Oc2ccc(cc2Cl)C1O. The molecule has 8 amide bonds. The highest BCUT2D eigenvalue weighted by Crippen LogP contribution is 2.50. The number of aliphatic hydroxyl groups is 6. The quantitative estimate of drug-likeness (QED) is 0.0390. The molecule has 8 heterocycles. The molecule has 22 atom stereocenters. The highest BCUT2D eigenvalue weighted by Gasteiger charge is 2.53. The van der Waals surface area contributed by atoms with Gasteiger partial charge in [0.15, 0.2) is 30.2 Å². The predicted molar refractivity (Wildman–Crippen MR) is 436 cm³/mol. The fraction of sp³-hybridized carbons (Fsp3) is 0.542. The molecule has 38 nitrogen and oxygen atoms in total. The maximum atomic E-state index is 16.7. The van der Waals surface area contributed by atoms with E-state index in [1.807, 2.05) is 37.7 Å². The Bertz CT molecular complexity index is 4620. The second-order valence-corrected chi connectivity index (χ2v) is 33.7. The molecule has 11 bridgehead atoms. The third-order valence-corrected chi connectivity index (χ3v) is 22.6. The Kier molecular flexibility index (Phi) is 30.1. The summed E-state index contributed by atoms with van der Waals surface area (Å²) in [6.07, 6.45) is -21.2. The van der Waals surface area contributed by atoms with Gasteiger partial charge in [0.25, 0.3) is 0 Å². The van der Waals surface area contributed by atoms with Crippen LogP contribution in [0.1, 0.15) is 138 Å². The summed E-state index contributed by atoms with van der Waals surface area (Å²) in [5.74, 6) is -13.4. The number of halogens is 1. The molecule has 13 rings (SSSR count). The van der Waals surface area contributed by atoms with Gasteiger partial charge in [-0.25, -0.2) is 0 Å². The molecule has 3 saturated heterocycles. The second kappa shape index (κ2) is 39.4. The number of hydrogen-bond acceptors (Lipinski definition) is 30. The summed E-state index contributed by atoms with van der Waals surface area (Å²) >= 11 is 7.24. The summed E-state index contributed by atoms with van der Waals surface area (Å²) in [5, 5.41) is 130. The van der Waals surface area contributed by atoms with Crippen LogP contribution in [-0.4, -0.2) is 274 Å². The monoisotopic (exact) mass is 1730 g/mol. The van der Waals surface area contributed by atoms with Gasteiger partial charge in [-0.1, -0.05) is 49.7 Å². The lowest BCUT2D eigenvalue weighted by Gasteiger charge is -2.47. The number of ether oxygens (including phenoxy) is 8. The van der Waals surface area contributed by atoms with E-state index in [0.717, 1.165) is 36.4 Å². The van der Waals surface area contributed by atoms with Crippen molar-refractivity contribution in [2.45, 2.75) is 213 Å². The van der Waals surface area contributed by atoms with Crippen LogP contribution in [0.2, 0.25) is 5.02 Å². The summed E-state index contributed by atoms with van der Waals surface area (Å²) < 4.78 is 52.6. The molecular formula is C83H112ClN13O25. The average molecular weight is 1730 g/mol. The van der Waals surface area contributed by atoms with Crippen LogP contribution in [0.4, 0.5) is 0 Å². The fourth-order valence-electron chi connectivity index (χ4n) is 15.6. The highest BCUT2D eigenvalue weighted by atomic mass is 35.5. The molecule has 8 aliphatic rings. The molecule has 3 fully saturated rings. The number of aliphatic hydroxyl groups excluding tert-OH is 6. The largest absolute Gasteiger partial charge is 0.508 e. The molecular weight excluding hydrogens is 1610 g/mol. The van der Waals surface area contributed by atoms with Gasteiger partial charge in [0.05, 0.1) is 48.5 Å². The van der Waals surface area contributed by atoms with Crippen LogP contribution >= 0.6 is 11.6 Å². The van der Waals surface area contributed by atoms with Gasteiger partial charge in [-0.3, -0.25) is 38.4 Å². The number of carbonyl (C=O) groups excluding carboxylic acids is 8. The number of phenolic OH excluding ortho intramolecular Hbond substituents is 3. The van der Waals surface area contributed by atoms with E-state index in [4.69, 9.17) is 61.0 Å². The van der Waals surface area contributed by atoms with Gasteiger partial charge in [0, 0.05) is 54.2 Å². The Labute approximate surface area is 709 Å². The van der Waals surface area contributed by atoms with Crippen LogP contribution in [-0.2, 0) is 62.0 Å². The Morgan fingerprint density at radius 1 is 0.648 bits per heavy atom. The number of amides is 8. The summed E-state index contributed by atoms with van der Waals surface area (Å²) in [5.41, 5.74) is 8.66. The van der Waals surface area contributed by atoms with E-state index in [9.17, 15) is 55.5 Å². The number of fused-ring (bicyclic) bond motifs is 15. The number of nitrogens with zero attached hydrogens (tertiary/aromatic N) is 2. The Hall–Kier alpha value is -9.69. The van der Waals surface area contributed by atoms with E-state index < -0.39 is 234 Å². The lowest BCUT2D eigenvalue weighted by molar-refractivity contribution is -0.333. The van der Waals surface area contributed by atoms with Crippen molar-refractivity contribution in [3.05, 3.63) is 118 Å². The van der Waals surface area contributed by atoms with Crippen LogP contribution in [0.5, 0.6) is 46.0 Å². The molecule has 39 heteroatoms. The van der Waals surface area contributed by atoms with Gasteiger partial charge >= 0.3 is 0 Å². The number of nitrogens with one attached hydrogen (secondary N) is 9. The number of carbonyl (C=O) groups is 8. The molecule has 22 N–H and O–H groups in total. The minimum atomic E-state index is -2.32. The molecule has 666 valence electrons. The number of hydrogen-bond donors (Lipinski definition) is 20. The predicted octanol–water partition coefficient (Wildman–Crippen LogP) is 0.256. The summed E-state index contributed by atoms with van der Waals surface area (Å²) in [7, 11) is 8.73. The molecule has 5 aromatic rings. The average Bonchev–Trinajstić information content (AvgIpc) is 0.762. The van der Waals surface area contributed by atoms with Crippen molar-refractivity contribution in [2.75, 3.05) is 68.0 Å². The maximum absolute atomic E-state index is 16.7. The van der Waals surface area contributed by atoms with Gasteiger partial charge in [0.1, 0.15) is 95.5 Å². The van der Waals surface area contributed by atoms with Crippen LogP contribution in [0.15, 0.2) is 84.9 Å². The minimum Gasteiger partial charge on any atom is -0.508 e. The number of phenols is 3. The third-order valence-electron chi connectivity index (χ3n) is 22.3. The molecule has 0 radical (unpaired) electrons. The van der Waals surface area contributed by atoms with Gasteiger partial charge < -0.3 is 153 Å². The second-order valence-electron chi connectivity index (χ2n) is 33.3. The number of aromatic hydroxyl groups is 3. The first-order valence-corrected chi connectivity index (χ1v) is 40.7. The van der Waals surface area contributed by atoms with E-state index >= 15 is 28.8 Å². The van der Waals surface area contributed by atoms with Crippen molar-refractivity contribution in [1.82, 2.24) is 57.7 Å². The lowest BCUT2D eigenvalue weighted by Crippen LogP contribution is -2.64. The first-order valence-electron chi connectivity index (χ1n) is 40.3. The van der Waals surface area contributed by atoms with E-state index in [-0.39, 0.29) is 88.2 Å². The van der Waals surface area contributed by atoms with E-state index in [2.05, 4.69) is 47.9 Å². The normalized spacial score (nSPS) is 30.3. The van der Waals surface area contributed by atoms with Crippen LogP contribution in [0.3, 0.4) is 0 Å². The van der Waals surface area contributed by atoms with Crippen molar-refractivity contribution in [3.63, 3.8) is 0 Å². The Balaban J connectivity index is 1.19. The molecule has 122 heavy (non-hydrogen) atoms. The van der Waals surface area contributed by atoms with Gasteiger partial charge in [0.2, 0.25) is 59.3 Å². The van der Waals surface area contributed by atoms with Gasteiger partial charge in [-0.05, 0) is 184 Å².